The molecule has 0 heterocycles. The van der Waals surface area contributed by atoms with E-state index in [0.717, 1.165) is 83.5 Å². The van der Waals surface area contributed by atoms with Crippen molar-refractivity contribution in [1.82, 2.24) is 0 Å². The van der Waals surface area contributed by atoms with E-state index in [0.29, 0.717) is 23.9 Å². The van der Waals surface area contributed by atoms with E-state index in [1.807, 2.05) is 21.1 Å². The molecule has 0 saturated heterocycles. The second-order valence-electron chi connectivity index (χ2n) is 25.9. The molecule has 9 heteroatoms. The number of carboxylic acids is 1. The summed E-state index contributed by atoms with van der Waals surface area (Å²) in [5.41, 5.74) is 0. The summed E-state index contributed by atoms with van der Waals surface area (Å²) in [5, 5.41) is 9.74. The van der Waals surface area contributed by atoms with Crippen LogP contribution in [-0.4, -0.2) is 87.4 Å². The first kappa shape index (κ1) is 83.5. The molecule has 0 aromatic heterocycles. The molecule has 9 nitrogen and oxygen atoms in total. The maximum Gasteiger partial charge on any atom is 0.361 e. The van der Waals surface area contributed by atoms with E-state index < -0.39 is 24.3 Å². The first-order valence-electron chi connectivity index (χ1n) is 36.8. The van der Waals surface area contributed by atoms with Gasteiger partial charge < -0.3 is 28.5 Å². The summed E-state index contributed by atoms with van der Waals surface area (Å²) in [4.78, 5) is 37.6. The van der Waals surface area contributed by atoms with E-state index in [1.165, 1.54) is 218 Å². The van der Waals surface area contributed by atoms with Crippen molar-refractivity contribution in [3.63, 3.8) is 0 Å². The Bertz CT molecular complexity index is 1700. The number of carboxylic acid groups (broad SMARTS) is 1. The van der Waals surface area contributed by atoms with Crippen molar-refractivity contribution in [2.24, 2.45) is 0 Å². The molecule has 0 radical (unpaired) electrons. The summed E-state index contributed by atoms with van der Waals surface area (Å²) in [6, 6.07) is 0. The Morgan fingerprint density at radius 1 is 0.356 bits per heavy atom. The highest BCUT2D eigenvalue weighted by Crippen LogP contribution is 2.19. The molecule has 0 bridgehead atoms. The number of esters is 2. The van der Waals surface area contributed by atoms with Crippen LogP contribution >= 0.6 is 0 Å². The maximum absolute atomic E-state index is 12.9. The van der Waals surface area contributed by atoms with Crippen LogP contribution in [0.1, 0.15) is 335 Å². The highest BCUT2D eigenvalue weighted by atomic mass is 16.7. The number of carbonyl (C=O) groups is 3. The van der Waals surface area contributed by atoms with Crippen LogP contribution in [0.5, 0.6) is 0 Å². The van der Waals surface area contributed by atoms with Crippen molar-refractivity contribution >= 4 is 17.9 Å². The number of hydrogen-bond acceptors (Lipinski definition) is 7. The van der Waals surface area contributed by atoms with Gasteiger partial charge in [0.25, 0.3) is 6.29 Å². The highest BCUT2D eigenvalue weighted by Gasteiger charge is 2.25. The fourth-order valence-corrected chi connectivity index (χ4v) is 10.6. The summed E-state index contributed by atoms with van der Waals surface area (Å²) in [7, 11) is 5.97. The van der Waals surface area contributed by atoms with Crippen molar-refractivity contribution in [3.8, 4) is 0 Å². The van der Waals surface area contributed by atoms with Crippen LogP contribution in [-0.2, 0) is 33.3 Å². The molecule has 0 amide bonds. The third-order valence-corrected chi connectivity index (χ3v) is 16.2. The number of allylic oxidation sites excluding steroid dienone is 14. The molecule has 0 fully saturated rings. The average molecular weight is 1220 g/mol. The Morgan fingerprint density at radius 3 is 0.977 bits per heavy atom. The number of carbonyl (C=O) groups excluding carboxylic acids is 2. The van der Waals surface area contributed by atoms with Crippen LogP contribution in [0.2, 0.25) is 0 Å². The lowest BCUT2D eigenvalue weighted by Gasteiger charge is -2.25. The number of nitrogens with zero attached hydrogens (tertiary/aromatic N) is 1. The van der Waals surface area contributed by atoms with Crippen LogP contribution in [0.3, 0.4) is 0 Å². The fourth-order valence-electron chi connectivity index (χ4n) is 10.6. The predicted molar refractivity (Wildman–Crippen MR) is 373 cm³/mol. The molecule has 2 unspecified atom stereocenters. The Hall–Kier alpha value is -3.53. The van der Waals surface area contributed by atoms with Gasteiger partial charge >= 0.3 is 17.9 Å². The highest BCUT2D eigenvalue weighted by molar-refractivity contribution is 5.71. The number of aliphatic carboxylic acids is 1. The van der Waals surface area contributed by atoms with Crippen LogP contribution in [0.15, 0.2) is 85.1 Å². The summed E-state index contributed by atoms with van der Waals surface area (Å²) in [6.07, 6.45) is 90.2. The normalized spacial score (nSPS) is 13.2. The monoisotopic (exact) mass is 1220 g/mol. The number of quaternary nitrogens is 1. The Kier molecular flexibility index (Phi) is 65.6. The third-order valence-electron chi connectivity index (χ3n) is 16.2. The van der Waals surface area contributed by atoms with Crippen LogP contribution in [0.25, 0.3) is 0 Å². The van der Waals surface area contributed by atoms with E-state index in [1.54, 1.807) is 0 Å². The molecule has 0 aliphatic carbocycles. The van der Waals surface area contributed by atoms with E-state index >= 15 is 0 Å². The minimum Gasteiger partial charge on any atom is -0.477 e. The summed E-state index contributed by atoms with van der Waals surface area (Å²) in [6.45, 7) is 4.76. The van der Waals surface area contributed by atoms with Gasteiger partial charge in [0, 0.05) is 12.8 Å². The lowest BCUT2D eigenvalue weighted by atomic mass is 10.0. The zero-order valence-electron chi connectivity index (χ0n) is 57.7. The Morgan fingerprint density at radius 2 is 0.655 bits per heavy atom. The average Bonchev–Trinajstić information content (AvgIpc) is 3.59. The van der Waals surface area contributed by atoms with Crippen molar-refractivity contribution in [1.29, 1.82) is 0 Å². The van der Waals surface area contributed by atoms with Crippen molar-refractivity contribution in [3.05, 3.63) is 85.1 Å². The molecule has 504 valence electrons. The molecule has 87 heavy (non-hydrogen) atoms. The van der Waals surface area contributed by atoms with Gasteiger partial charge in [0.2, 0.25) is 0 Å². The smallest absolute Gasteiger partial charge is 0.361 e. The van der Waals surface area contributed by atoms with E-state index in [2.05, 4.69) is 98.9 Å². The molecular formula is C78H140NO8+. The third kappa shape index (κ3) is 69.8. The first-order valence-corrected chi connectivity index (χ1v) is 36.8. The van der Waals surface area contributed by atoms with Gasteiger partial charge in [-0.1, -0.05) is 336 Å². The van der Waals surface area contributed by atoms with Gasteiger partial charge in [-0.05, 0) is 70.6 Å². The summed E-state index contributed by atoms with van der Waals surface area (Å²) >= 11 is 0. The molecule has 2 atom stereocenters. The first-order chi connectivity index (χ1) is 42.6. The van der Waals surface area contributed by atoms with Gasteiger partial charge in [-0.3, -0.25) is 9.59 Å². The molecule has 0 rings (SSSR count). The minimum atomic E-state index is -1.52. The van der Waals surface area contributed by atoms with Crippen molar-refractivity contribution in [2.75, 3.05) is 47.5 Å². The van der Waals surface area contributed by atoms with Crippen molar-refractivity contribution in [2.45, 2.75) is 347 Å². The lowest BCUT2D eigenvalue weighted by Crippen LogP contribution is -2.40. The van der Waals surface area contributed by atoms with Gasteiger partial charge in [0.15, 0.2) is 6.10 Å². The number of unbranched alkanes of at least 4 members (excludes halogenated alkanes) is 39. The second-order valence-corrected chi connectivity index (χ2v) is 25.9. The summed E-state index contributed by atoms with van der Waals surface area (Å²) in [5.74, 6) is -2.04. The molecular weight excluding hydrogens is 1080 g/mol. The number of hydrogen-bond donors (Lipinski definition) is 1. The number of ether oxygens (including phenoxy) is 4. The second kappa shape index (κ2) is 68.4. The predicted octanol–water partition coefficient (Wildman–Crippen LogP) is 23.0. The fraction of sp³-hybridized carbons (Fsp3) is 0.782. The Balaban J connectivity index is 4.06. The molecule has 1 N–H and O–H groups in total. The lowest BCUT2D eigenvalue weighted by molar-refractivity contribution is -0.870. The standard InChI is InChI=1S/C78H139NO8/c1-6-8-10-12-14-16-18-20-22-24-26-28-30-32-33-34-35-36-37-38-39-40-41-42-43-45-46-48-50-52-54-56-58-60-62-64-66-68-75(80)85-72-74(73-86-78(77(82)83)84-71-70-79(3,4)5)87-76(81)69-67-65-63-61-59-57-55-53-51-49-47-44-31-29-27-25-23-21-19-17-15-13-11-9-7-2/h9,11,15,17,21,23,27,29,44,47,51,53,57,59,74,78H,6-8,10,12-14,16,18-20,22,24-26,28,30-43,45-46,48-50,52,54-56,58,60-73H2,1-5H3/p+1/b11-9-,17-15-,23-21-,29-27-,47-44-,53-51-,59-57-. The van der Waals surface area contributed by atoms with Gasteiger partial charge in [-0.25, -0.2) is 4.79 Å². The molecule has 0 aromatic carbocycles. The molecule has 0 aliphatic heterocycles. The van der Waals surface area contributed by atoms with E-state index in [9.17, 15) is 19.5 Å². The van der Waals surface area contributed by atoms with Gasteiger partial charge in [0.1, 0.15) is 13.2 Å². The topological polar surface area (TPSA) is 108 Å². The molecule has 0 aromatic rings. The molecule has 0 spiro atoms. The number of rotatable bonds is 68. The number of likely N-dealkylation sites (N-methyl/N-ethyl adjacent to an activating group) is 1. The van der Waals surface area contributed by atoms with E-state index in [4.69, 9.17) is 18.9 Å². The molecule has 0 aliphatic rings. The summed E-state index contributed by atoms with van der Waals surface area (Å²) < 4.78 is 22.9. The SMILES string of the molecule is CC/C=C\C/C=C\C/C=C\C/C=C\C/C=C\C/C=C\C/C=C\CCCCCC(=O)OC(COC(=O)CCCCCCCCCCCCCCCCCCCCCCCCCCCCCCCCCCCCCCC)COC(OCC[N+](C)(C)C)C(=O)O. The zero-order chi connectivity index (χ0) is 63.3. The zero-order valence-corrected chi connectivity index (χ0v) is 57.7. The van der Waals surface area contributed by atoms with Gasteiger partial charge in [0.05, 0.1) is 34.4 Å². The van der Waals surface area contributed by atoms with Crippen LogP contribution in [0.4, 0.5) is 0 Å². The Labute approximate surface area is 538 Å². The van der Waals surface area contributed by atoms with Gasteiger partial charge in [-0.2, -0.15) is 0 Å². The van der Waals surface area contributed by atoms with Crippen molar-refractivity contribution < 1.29 is 42.9 Å². The minimum absolute atomic E-state index is 0.178. The van der Waals surface area contributed by atoms with Crippen LogP contribution < -0.4 is 0 Å². The maximum atomic E-state index is 12.9. The quantitative estimate of drug-likeness (QED) is 0.0211. The largest absolute Gasteiger partial charge is 0.477 e. The van der Waals surface area contributed by atoms with E-state index in [-0.39, 0.29) is 32.2 Å². The molecule has 0 saturated carbocycles. The van der Waals surface area contributed by atoms with Gasteiger partial charge in [-0.15, -0.1) is 0 Å². The van der Waals surface area contributed by atoms with Crippen LogP contribution in [0, 0.1) is 0 Å².